The average Bonchev–Trinajstić information content (AvgIpc) is 2.84. The van der Waals surface area contributed by atoms with Crippen molar-refractivity contribution in [1.29, 1.82) is 0 Å². The van der Waals surface area contributed by atoms with Crippen molar-refractivity contribution in [3.05, 3.63) is 32.2 Å². The summed E-state index contributed by atoms with van der Waals surface area (Å²) in [6, 6.07) is 3.54. The zero-order valence-electron chi connectivity index (χ0n) is 10.1. The number of hydrogen-bond acceptors (Lipinski definition) is 5. The van der Waals surface area contributed by atoms with Gasteiger partial charge in [-0.3, -0.25) is 4.79 Å². The fraction of sp³-hybridized carbons (Fsp3) is 0.182. The fourth-order valence-corrected chi connectivity index (χ4v) is 2.65. The number of carbonyl (C=O) groups is 1. The van der Waals surface area contributed by atoms with Gasteiger partial charge >= 0.3 is 0 Å². The van der Waals surface area contributed by atoms with E-state index in [1.807, 2.05) is 13.0 Å². The Hall–Kier alpha value is -1.18. The van der Waals surface area contributed by atoms with E-state index in [9.17, 15) is 4.79 Å². The molecule has 0 saturated heterocycles. The van der Waals surface area contributed by atoms with Crippen molar-refractivity contribution in [3.63, 3.8) is 0 Å². The zero-order valence-corrected chi connectivity index (χ0v) is 13.3. The van der Waals surface area contributed by atoms with Crippen molar-refractivity contribution in [1.82, 2.24) is 10.2 Å². The topological polar surface area (TPSA) is 66.9 Å². The second-order valence-corrected chi connectivity index (χ2v) is 5.94. The van der Waals surface area contributed by atoms with Gasteiger partial charge < -0.3 is 10.6 Å². The van der Waals surface area contributed by atoms with E-state index in [1.165, 1.54) is 11.3 Å². The van der Waals surface area contributed by atoms with Crippen LogP contribution in [0.15, 0.2) is 16.6 Å². The molecule has 1 aromatic carbocycles. The van der Waals surface area contributed by atoms with Gasteiger partial charge in [-0.2, -0.15) is 0 Å². The minimum atomic E-state index is -0.320. The number of amides is 1. The maximum absolute atomic E-state index is 12.0. The van der Waals surface area contributed by atoms with Gasteiger partial charge in [-0.25, -0.2) is 0 Å². The van der Waals surface area contributed by atoms with Gasteiger partial charge in [0.05, 0.1) is 5.69 Å². The van der Waals surface area contributed by atoms with Crippen molar-refractivity contribution < 1.29 is 4.79 Å². The molecule has 0 aliphatic rings. The average molecular weight is 362 g/mol. The Balaban J connectivity index is 2.21. The molecule has 0 atom stereocenters. The molecule has 0 aliphatic carbocycles. The van der Waals surface area contributed by atoms with E-state index in [2.05, 4.69) is 36.8 Å². The third kappa shape index (κ3) is 3.23. The first-order valence-corrected chi connectivity index (χ1v) is 7.28. The van der Waals surface area contributed by atoms with Crippen LogP contribution in [0.4, 0.5) is 10.8 Å². The van der Waals surface area contributed by atoms with Crippen LogP contribution in [0.25, 0.3) is 0 Å². The van der Waals surface area contributed by atoms with Crippen molar-refractivity contribution in [2.75, 3.05) is 17.7 Å². The number of aryl methyl sites for hydroxylation is 1. The summed E-state index contributed by atoms with van der Waals surface area (Å²) >= 11 is 10.6. The summed E-state index contributed by atoms with van der Waals surface area (Å²) in [6.45, 7) is 1.89. The predicted molar refractivity (Wildman–Crippen MR) is 81.3 cm³/mol. The van der Waals surface area contributed by atoms with Crippen molar-refractivity contribution in [3.8, 4) is 0 Å². The van der Waals surface area contributed by atoms with Crippen LogP contribution in [0, 0.1) is 6.92 Å². The van der Waals surface area contributed by atoms with E-state index < -0.39 is 0 Å². The first-order valence-electron chi connectivity index (χ1n) is 5.29. The van der Waals surface area contributed by atoms with E-state index in [-0.39, 0.29) is 10.9 Å². The molecule has 2 aromatic rings. The molecule has 1 heterocycles. The Morgan fingerprint density at radius 1 is 1.42 bits per heavy atom. The molecule has 1 amide bonds. The maximum Gasteiger partial charge on any atom is 0.286 e. The molecular weight excluding hydrogens is 352 g/mol. The quantitative estimate of drug-likeness (QED) is 0.877. The number of halogens is 2. The summed E-state index contributed by atoms with van der Waals surface area (Å²) in [4.78, 5) is 12.0. The Kier molecular flexibility index (Phi) is 4.38. The molecule has 2 rings (SSSR count). The molecule has 2 N–H and O–H groups in total. The van der Waals surface area contributed by atoms with Crippen molar-refractivity contribution in [2.45, 2.75) is 6.92 Å². The van der Waals surface area contributed by atoms with Crippen LogP contribution in [0.2, 0.25) is 5.02 Å². The largest absolute Gasteiger partial charge is 0.363 e. The molecule has 0 unspecified atom stereocenters. The highest BCUT2D eigenvalue weighted by atomic mass is 79.9. The summed E-state index contributed by atoms with van der Waals surface area (Å²) in [7, 11) is 1.72. The van der Waals surface area contributed by atoms with Gasteiger partial charge in [-0.05, 0) is 40.5 Å². The van der Waals surface area contributed by atoms with Crippen molar-refractivity contribution in [2.24, 2.45) is 0 Å². The number of rotatable bonds is 3. The number of anilines is 2. The number of benzene rings is 1. The number of hydrogen-bond donors (Lipinski definition) is 2. The van der Waals surface area contributed by atoms with Crippen LogP contribution in [0.3, 0.4) is 0 Å². The fourth-order valence-electron chi connectivity index (χ4n) is 1.33. The second-order valence-electron chi connectivity index (χ2n) is 3.70. The molecule has 100 valence electrons. The summed E-state index contributed by atoms with van der Waals surface area (Å²) in [6.07, 6.45) is 0. The molecule has 0 fully saturated rings. The molecule has 0 bridgehead atoms. The van der Waals surface area contributed by atoms with Crippen LogP contribution in [-0.2, 0) is 0 Å². The molecule has 0 aliphatic heterocycles. The maximum atomic E-state index is 12.0. The van der Waals surface area contributed by atoms with Crippen LogP contribution < -0.4 is 10.6 Å². The first-order chi connectivity index (χ1) is 9.01. The highest BCUT2D eigenvalue weighted by Gasteiger charge is 2.14. The lowest BCUT2D eigenvalue weighted by Gasteiger charge is -2.08. The van der Waals surface area contributed by atoms with E-state index in [0.29, 0.717) is 15.8 Å². The normalized spacial score (nSPS) is 10.3. The molecular formula is C11H10BrClN4OS. The molecule has 19 heavy (non-hydrogen) atoms. The van der Waals surface area contributed by atoms with Gasteiger partial charge in [-0.15, -0.1) is 10.2 Å². The standard InChI is InChI=1S/C11H10BrClN4OS/c1-5-3-6(12)8(4-7(5)13)15-9(18)10-16-17-11(14-2)19-10/h3-4H,1-2H3,(H,14,17)(H,15,18). The van der Waals surface area contributed by atoms with Gasteiger partial charge in [0.1, 0.15) is 0 Å². The predicted octanol–water partition coefficient (Wildman–Crippen LogP) is 3.56. The van der Waals surface area contributed by atoms with E-state index in [0.717, 1.165) is 10.0 Å². The van der Waals surface area contributed by atoms with E-state index in [4.69, 9.17) is 11.6 Å². The van der Waals surface area contributed by atoms with Gasteiger partial charge in [0, 0.05) is 16.5 Å². The second kappa shape index (κ2) is 5.85. The lowest BCUT2D eigenvalue weighted by Crippen LogP contribution is -2.12. The Labute approximate surface area is 127 Å². The Morgan fingerprint density at radius 3 is 2.79 bits per heavy atom. The molecule has 0 saturated carbocycles. The van der Waals surface area contributed by atoms with Gasteiger partial charge in [0.15, 0.2) is 0 Å². The third-order valence-corrected chi connectivity index (χ3v) is 4.33. The van der Waals surface area contributed by atoms with Gasteiger partial charge in [0.2, 0.25) is 10.1 Å². The number of aromatic nitrogens is 2. The summed E-state index contributed by atoms with van der Waals surface area (Å²) in [5.41, 5.74) is 1.53. The van der Waals surface area contributed by atoms with Crippen LogP contribution >= 0.6 is 38.9 Å². The van der Waals surface area contributed by atoms with Gasteiger partial charge in [0.25, 0.3) is 5.91 Å². The van der Waals surface area contributed by atoms with E-state index >= 15 is 0 Å². The van der Waals surface area contributed by atoms with Crippen LogP contribution in [0.5, 0.6) is 0 Å². The number of nitrogens with zero attached hydrogens (tertiary/aromatic N) is 2. The van der Waals surface area contributed by atoms with Crippen LogP contribution in [0.1, 0.15) is 15.4 Å². The van der Waals surface area contributed by atoms with Gasteiger partial charge in [-0.1, -0.05) is 22.9 Å². The minimum Gasteiger partial charge on any atom is -0.363 e. The summed E-state index contributed by atoms with van der Waals surface area (Å²) in [5, 5.41) is 14.6. The molecule has 0 radical (unpaired) electrons. The lowest BCUT2D eigenvalue weighted by molar-refractivity contribution is 0.102. The summed E-state index contributed by atoms with van der Waals surface area (Å²) < 4.78 is 0.765. The molecule has 8 heteroatoms. The summed E-state index contributed by atoms with van der Waals surface area (Å²) in [5.74, 6) is -0.320. The Morgan fingerprint density at radius 2 is 2.16 bits per heavy atom. The molecule has 0 spiro atoms. The highest BCUT2D eigenvalue weighted by Crippen LogP contribution is 2.29. The van der Waals surface area contributed by atoms with Crippen LogP contribution in [-0.4, -0.2) is 23.2 Å². The Bertz CT molecular complexity index is 631. The molecule has 1 aromatic heterocycles. The lowest BCUT2D eigenvalue weighted by atomic mass is 10.2. The SMILES string of the molecule is CNc1nnc(C(=O)Nc2cc(Cl)c(C)cc2Br)s1. The zero-order chi connectivity index (χ0) is 14.0. The monoisotopic (exact) mass is 360 g/mol. The van der Waals surface area contributed by atoms with Crippen molar-refractivity contribution >= 4 is 55.6 Å². The first kappa shape index (κ1) is 14.2. The highest BCUT2D eigenvalue weighted by molar-refractivity contribution is 9.10. The smallest absolute Gasteiger partial charge is 0.286 e. The third-order valence-electron chi connectivity index (χ3n) is 2.33. The minimum absolute atomic E-state index is 0.285. The van der Waals surface area contributed by atoms with E-state index in [1.54, 1.807) is 13.1 Å². The molecule has 5 nitrogen and oxygen atoms in total. The number of nitrogens with one attached hydrogen (secondary N) is 2. The number of carbonyl (C=O) groups excluding carboxylic acids is 1.